The molecule has 1 aliphatic rings. The summed E-state index contributed by atoms with van der Waals surface area (Å²) in [4.78, 5) is 25.9. The number of aryl methyl sites for hydroxylation is 1. The van der Waals surface area contributed by atoms with Crippen molar-refractivity contribution in [3.63, 3.8) is 0 Å². The van der Waals surface area contributed by atoms with E-state index in [1.165, 1.54) is 23.1 Å². The lowest BCUT2D eigenvalue weighted by Gasteiger charge is -2.12. The van der Waals surface area contributed by atoms with Crippen LogP contribution in [0.15, 0.2) is 40.9 Å². The van der Waals surface area contributed by atoms with Gasteiger partial charge in [0.2, 0.25) is 0 Å². The van der Waals surface area contributed by atoms with E-state index in [4.69, 9.17) is 5.73 Å². The number of nitrogens with two attached hydrogens (primary N) is 1. The number of amides is 2. The van der Waals surface area contributed by atoms with Crippen molar-refractivity contribution in [2.24, 2.45) is 5.73 Å². The lowest BCUT2D eigenvalue weighted by molar-refractivity contribution is -0.112. The van der Waals surface area contributed by atoms with Crippen LogP contribution < -0.4 is 16.4 Å². The lowest BCUT2D eigenvalue weighted by atomic mass is 9.95. The summed E-state index contributed by atoms with van der Waals surface area (Å²) in [7, 11) is 0. The molecule has 8 heteroatoms. The first-order valence-corrected chi connectivity index (χ1v) is 10.9. The highest BCUT2D eigenvalue weighted by atomic mass is 32.2. The molecule has 6 nitrogen and oxygen atoms in total. The molecule has 1 aromatic carbocycles. The van der Waals surface area contributed by atoms with Gasteiger partial charge in [0, 0.05) is 10.6 Å². The Hall–Kier alpha value is -2.76. The summed E-state index contributed by atoms with van der Waals surface area (Å²) < 4.78 is 0. The third-order valence-corrected chi connectivity index (χ3v) is 6.37. The number of carbonyl (C=O) groups is 2. The second-order valence-corrected chi connectivity index (χ2v) is 8.17. The maximum Gasteiger partial charge on any atom is 0.269 e. The minimum Gasteiger partial charge on any atom is -0.365 e. The molecule has 1 aliphatic carbocycles. The third-order valence-electron chi connectivity index (χ3n) is 4.45. The molecule has 0 saturated heterocycles. The Morgan fingerprint density at radius 3 is 2.54 bits per heavy atom. The van der Waals surface area contributed by atoms with E-state index in [-0.39, 0.29) is 5.57 Å². The van der Waals surface area contributed by atoms with E-state index in [0.717, 1.165) is 41.8 Å². The highest BCUT2D eigenvalue weighted by Gasteiger charge is 2.26. The van der Waals surface area contributed by atoms with Crippen LogP contribution >= 0.6 is 23.1 Å². The van der Waals surface area contributed by atoms with Crippen LogP contribution in [0.3, 0.4) is 0 Å². The van der Waals surface area contributed by atoms with Crippen molar-refractivity contribution in [1.82, 2.24) is 0 Å². The zero-order valence-corrected chi connectivity index (χ0v) is 17.0. The molecule has 0 spiro atoms. The molecule has 0 unspecified atom stereocenters. The number of nitrogens with zero attached hydrogens (tertiary/aromatic N) is 1. The average molecular weight is 413 g/mol. The maximum atomic E-state index is 12.8. The summed E-state index contributed by atoms with van der Waals surface area (Å²) in [5.74, 6) is -1.11. The van der Waals surface area contributed by atoms with Gasteiger partial charge in [-0.3, -0.25) is 9.59 Å². The highest BCUT2D eigenvalue weighted by Crippen LogP contribution is 2.38. The number of nitrogens with one attached hydrogen (secondary N) is 2. The number of para-hydroxylation sites is 1. The minimum absolute atomic E-state index is 0.0434. The number of thioether (sulfide) groups is 1. The number of carbonyl (C=O) groups excluding carboxylic acids is 2. The molecular weight excluding hydrogens is 392 g/mol. The molecule has 28 heavy (non-hydrogen) atoms. The van der Waals surface area contributed by atoms with Crippen LogP contribution in [-0.4, -0.2) is 18.1 Å². The fourth-order valence-corrected chi connectivity index (χ4v) is 5.01. The summed E-state index contributed by atoms with van der Waals surface area (Å²) in [6.45, 7) is 0. The van der Waals surface area contributed by atoms with Gasteiger partial charge in [0.1, 0.15) is 16.6 Å². The van der Waals surface area contributed by atoms with Gasteiger partial charge in [0.05, 0.1) is 10.6 Å². The van der Waals surface area contributed by atoms with Gasteiger partial charge in [-0.2, -0.15) is 5.26 Å². The van der Waals surface area contributed by atoms with E-state index in [2.05, 4.69) is 10.6 Å². The average Bonchev–Trinajstić information content (AvgIpc) is 3.06. The van der Waals surface area contributed by atoms with E-state index in [1.54, 1.807) is 6.26 Å². The number of nitriles is 1. The minimum atomic E-state index is -0.559. The number of fused-ring (bicyclic) bond motifs is 1. The molecule has 1 heterocycles. The Labute approximate surface area is 171 Å². The van der Waals surface area contributed by atoms with E-state index in [1.807, 2.05) is 36.4 Å². The van der Waals surface area contributed by atoms with Crippen molar-refractivity contribution in [1.29, 1.82) is 5.26 Å². The monoisotopic (exact) mass is 412 g/mol. The molecule has 0 aliphatic heterocycles. The van der Waals surface area contributed by atoms with E-state index in [9.17, 15) is 14.9 Å². The first-order chi connectivity index (χ1) is 13.5. The normalized spacial score (nSPS) is 13.7. The Bertz CT molecular complexity index is 974. The van der Waals surface area contributed by atoms with Gasteiger partial charge in [-0.15, -0.1) is 23.1 Å². The zero-order chi connectivity index (χ0) is 20.1. The van der Waals surface area contributed by atoms with Crippen LogP contribution in [0.5, 0.6) is 0 Å². The smallest absolute Gasteiger partial charge is 0.269 e. The topological polar surface area (TPSA) is 108 Å². The van der Waals surface area contributed by atoms with Gasteiger partial charge in [0.25, 0.3) is 11.8 Å². The summed E-state index contributed by atoms with van der Waals surface area (Å²) in [5, 5.41) is 16.3. The second-order valence-electron chi connectivity index (χ2n) is 6.24. The van der Waals surface area contributed by atoms with Crippen molar-refractivity contribution in [3.05, 3.63) is 56.9 Å². The van der Waals surface area contributed by atoms with Crippen molar-refractivity contribution in [3.8, 4) is 6.07 Å². The van der Waals surface area contributed by atoms with Crippen molar-refractivity contribution in [2.45, 2.75) is 25.7 Å². The number of rotatable bonds is 6. The van der Waals surface area contributed by atoms with E-state index in [0.29, 0.717) is 15.6 Å². The second kappa shape index (κ2) is 8.95. The first kappa shape index (κ1) is 20.0. The Morgan fingerprint density at radius 1 is 1.18 bits per heavy atom. The molecule has 3 rings (SSSR count). The highest BCUT2D eigenvalue weighted by molar-refractivity contribution is 8.02. The number of hydrogen-bond acceptors (Lipinski definition) is 6. The molecule has 0 saturated carbocycles. The third kappa shape index (κ3) is 4.21. The number of benzene rings is 1. The lowest BCUT2D eigenvalue weighted by Crippen LogP contribution is -2.20. The molecule has 2 amide bonds. The van der Waals surface area contributed by atoms with Gasteiger partial charge in [-0.05, 0) is 49.6 Å². The van der Waals surface area contributed by atoms with E-state index >= 15 is 0 Å². The number of primary amides is 1. The van der Waals surface area contributed by atoms with Gasteiger partial charge in [-0.25, -0.2) is 0 Å². The van der Waals surface area contributed by atoms with Gasteiger partial charge in [0.15, 0.2) is 0 Å². The molecule has 4 N–H and O–H groups in total. The quantitative estimate of drug-likeness (QED) is 0.493. The Kier molecular flexibility index (Phi) is 6.39. The molecule has 0 atom stereocenters. The van der Waals surface area contributed by atoms with Crippen LogP contribution in [0.2, 0.25) is 0 Å². The number of hydrogen-bond donors (Lipinski definition) is 3. The molecule has 144 valence electrons. The fraction of sp³-hybridized carbons (Fsp3) is 0.250. The summed E-state index contributed by atoms with van der Waals surface area (Å²) >= 11 is 2.65. The SMILES string of the molecule is CS/C(Nc1ccccc1)=C(\C#N)C(=O)Nc1sc2c(c1C(N)=O)CCCC2. The standard InChI is InChI=1S/C20H20N4O2S2/c1-27-19(23-12-7-3-2-4-8-12)14(11-21)18(26)24-20-16(17(22)25)13-9-5-6-10-15(13)28-20/h2-4,7-8,23H,5-6,9-10H2,1H3,(H2,22,25)(H,24,26)/b19-14+. The van der Waals surface area contributed by atoms with E-state index < -0.39 is 11.8 Å². The summed E-state index contributed by atoms with van der Waals surface area (Å²) in [5.41, 5.74) is 7.63. The fourth-order valence-electron chi connectivity index (χ4n) is 3.15. The number of thiophene rings is 1. The predicted molar refractivity (Wildman–Crippen MR) is 114 cm³/mol. The molecule has 1 aromatic heterocycles. The molecule has 0 radical (unpaired) electrons. The predicted octanol–water partition coefficient (Wildman–Crippen LogP) is 3.87. The van der Waals surface area contributed by atoms with Crippen LogP contribution in [-0.2, 0) is 17.6 Å². The Balaban J connectivity index is 1.91. The first-order valence-electron chi connectivity index (χ1n) is 8.81. The zero-order valence-electron chi connectivity index (χ0n) is 15.4. The van der Waals surface area contributed by atoms with Gasteiger partial charge >= 0.3 is 0 Å². The van der Waals surface area contributed by atoms with Crippen LogP contribution in [0.4, 0.5) is 10.7 Å². The van der Waals surface area contributed by atoms with Gasteiger partial charge < -0.3 is 16.4 Å². The van der Waals surface area contributed by atoms with Crippen molar-refractivity contribution < 1.29 is 9.59 Å². The maximum absolute atomic E-state index is 12.8. The van der Waals surface area contributed by atoms with Crippen LogP contribution in [0.1, 0.15) is 33.6 Å². The summed E-state index contributed by atoms with van der Waals surface area (Å²) in [6, 6.07) is 11.3. The van der Waals surface area contributed by atoms with Crippen molar-refractivity contribution in [2.75, 3.05) is 16.9 Å². The largest absolute Gasteiger partial charge is 0.365 e. The molecular formula is C20H20N4O2S2. The summed E-state index contributed by atoms with van der Waals surface area (Å²) in [6.07, 6.45) is 5.50. The van der Waals surface area contributed by atoms with Crippen LogP contribution in [0.25, 0.3) is 0 Å². The molecule has 0 fully saturated rings. The number of anilines is 2. The van der Waals surface area contributed by atoms with Crippen molar-refractivity contribution >= 4 is 45.6 Å². The molecule has 2 aromatic rings. The Morgan fingerprint density at radius 2 is 1.89 bits per heavy atom. The van der Waals surface area contributed by atoms with Crippen LogP contribution in [0, 0.1) is 11.3 Å². The van der Waals surface area contributed by atoms with Gasteiger partial charge in [-0.1, -0.05) is 18.2 Å². The molecule has 0 bridgehead atoms.